The van der Waals surface area contributed by atoms with Gasteiger partial charge in [0.1, 0.15) is 0 Å². The van der Waals surface area contributed by atoms with E-state index in [1.54, 1.807) is 18.2 Å². The van der Waals surface area contributed by atoms with Crippen molar-refractivity contribution in [2.45, 2.75) is 33.6 Å². The minimum absolute atomic E-state index is 0.150. The maximum absolute atomic E-state index is 10.8. The molecule has 82 valence electrons. The fourth-order valence-electron chi connectivity index (χ4n) is 1.44. The lowest BCUT2D eigenvalue weighted by molar-refractivity contribution is 0.0696. The second-order valence-corrected chi connectivity index (χ2v) is 5.02. The van der Waals surface area contributed by atoms with Crippen LogP contribution in [-0.4, -0.2) is 11.1 Å². The molecule has 0 aliphatic heterocycles. The van der Waals surface area contributed by atoms with Crippen LogP contribution in [0.2, 0.25) is 0 Å². The van der Waals surface area contributed by atoms with Crippen molar-refractivity contribution in [2.75, 3.05) is 0 Å². The lowest BCUT2D eigenvalue weighted by Gasteiger charge is -2.27. The fraction of sp³-hybridized carbons (Fsp3) is 0.462. The van der Waals surface area contributed by atoms with Gasteiger partial charge in [0, 0.05) is 0 Å². The molecule has 0 aliphatic rings. The highest BCUT2D eigenvalue weighted by Gasteiger charge is 2.22. The molecule has 2 nitrogen and oxygen atoms in total. The lowest BCUT2D eigenvalue weighted by atomic mass is 9.77. The van der Waals surface area contributed by atoms with Crippen LogP contribution in [0, 0.1) is 5.41 Å². The SMILES string of the molecule is CC(c1cccc(C(=O)O)c1)C(C)(C)C. The smallest absolute Gasteiger partial charge is 0.335 e. The van der Waals surface area contributed by atoms with Crippen molar-refractivity contribution in [3.8, 4) is 0 Å². The monoisotopic (exact) mass is 206 g/mol. The highest BCUT2D eigenvalue weighted by atomic mass is 16.4. The van der Waals surface area contributed by atoms with E-state index in [9.17, 15) is 4.79 Å². The summed E-state index contributed by atoms with van der Waals surface area (Å²) in [5.41, 5.74) is 1.60. The first-order chi connectivity index (χ1) is 6.82. The van der Waals surface area contributed by atoms with Crippen LogP contribution in [0.1, 0.15) is 49.5 Å². The van der Waals surface area contributed by atoms with Gasteiger partial charge in [0.05, 0.1) is 5.56 Å². The Hall–Kier alpha value is -1.31. The molecule has 15 heavy (non-hydrogen) atoms. The molecule has 1 atom stereocenters. The van der Waals surface area contributed by atoms with Gasteiger partial charge in [-0.15, -0.1) is 0 Å². The van der Waals surface area contributed by atoms with Crippen molar-refractivity contribution in [3.05, 3.63) is 35.4 Å². The van der Waals surface area contributed by atoms with Gasteiger partial charge in [0.25, 0.3) is 0 Å². The summed E-state index contributed by atoms with van der Waals surface area (Å²) in [4.78, 5) is 10.8. The third-order valence-corrected chi connectivity index (χ3v) is 2.93. The average Bonchev–Trinajstić information content (AvgIpc) is 2.15. The zero-order valence-corrected chi connectivity index (χ0v) is 9.74. The average molecular weight is 206 g/mol. The number of hydrogen-bond donors (Lipinski definition) is 1. The molecule has 0 saturated heterocycles. The summed E-state index contributed by atoms with van der Waals surface area (Å²) in [6, 6.07) is 7.18. The van der Waals surface area contributed by atoms with E-state index >= 15 is 0 Å². The minimum atomic E-state index is -0.863. The molecule has 0 aliphatic carbocycles. The first-order valence-corrected chi connectivity index (χ1v) is 5.15. The predicted molar refractivity (Wildman–Crippen MR) is 61.3 cm³/mol. The molecule has 0 spiro atoms. The van der Waals surface area contributed by atoms with Crippen LogP contribution < -0.4 is 0 Å². The van der Waals surface area contributed by atoms with Crippen molar-refractivity contribution >= 4 is 5.97 Å². The number of carbonyl (C=O) groups is 1. The predicted octanol–water partition coefficient (Wildman–Crippen LogP) is 3.53. The van der Waals surface area contributed by atoms with E-state index in [1.165, 1.54) is 0 Å². The van der Waals surface area contributed by atoms with E-state index in [0.29, 0.717) is 11.5 Å². The van der Waals surface area contributed by atoms with E-state index in [4.69, 9.17) is 5.11 Å². The van der Waals surface area contributed by atoms with E-state index < -0.39 is 5.97 Å². The normalized spacial score (nSPS) is 13.6. The van der Waals surface area contributed by atoms with Gasteiger partial charge >= 0.3 is 5.97 Å². The van der Waals surface area contributed by atoms with Gasteiger partial charge < -0.3 is 5.11 Å². The molecule has 0 saturated carbocycles. The van der Waals surface area contributed by atoms with Crippen LogP contribution in [0.3, 0.4) is 0 Å². The Kier molecular flexibility index (Phi) is 3.18. The van der Waals surface area contributed by atoms with Gasteiger partial charge in [0.15, 0.2) is 0 Å². The van der Waals surface area contributed by atoms with Gasteiger partial charge in [-0.3, -0.25) is 0 Å². The summed E-state index contributed by atoms with van der Waals surface area (Å²) in [6.07, 6.45) is 0. The molecular formula is C13H18O2. The second-order valence-electron chi connectivity index (χ2n) is 5.02. The molecule has 0 amide bonds. The van der Waals surface area contributed by atoms with Crippen molar-refractivity contribution in [1.82, 2.24) is 0 Å². The van der Waals surface area contributed by atoms with Crippen LogP contribution in [0.15, 0.2) is 24.3 Å². The largest absolute Gasteiger partial charge is 0.478 e. The molecule has 0 heterocycles. The van der Waals surface area contributed by atoms with Crippen molar-refractivity contribution in [1.29, 1.82) is 0 Å². The van der Waals surface area contributed by atoms with Gasteiger partial charge in [-0.05, 0) is 29.0 Å². The highest BCUT2D eigenvalue weighted by Crippen LogP contribution is 2.34. The molecule has 1 aromatic rings. The Bertz CT molecular complexity index is 361. The summed E-state index contributed by atoms with van der Waals surface area (Å²) in [5.74, 6) is -0.519. The molecule has 1 aromatic carbocycles. The number of carboxylic acids is 1. The number of hydrogen-bond acceptors (Lipinski definition) is 1. The number of benzene rings is 1. The standard InChI is InChI=1S/C13H18O2/c1-9(13(2,3)4)10-6-5-7-11(8-10)12(14)15/h5-9H,1-4H3,(H,14,15). The Balaban J connectivity index is 3.06. The molecule has 1 rings (SSSR count). The van der Waals surface area contributed by atoms with Crippen LogP contribution >= 0.6 is 0 Å². The topological polar surface area (TPSA) is 37.3 Å². The lowest BCUT2D eigenvalue weighted by Crippen LogP contribution is -2.15. The maximum Gasteiger partial charge on any atom is 0.335 e. The summed E-state index contributed by atoms with van der Waals surface area (Å²) < 4.78 is 0. The van der Waals surface area contributed by atoms with Crippen LogP contribution in [0.25, 0.3) is 0 Å². The molecule has 0 radical (unpaired) electrons. The molecule has 1 unspecified atom stereocenters. The van der Waals surface area contributed by atoms with Gasteiger partial charge in [-0.1, -0.05) is 39.8 Å². The van der Waals surface area contributed by atoms with Gasteiger partial charge in [-0.2, -0.15) is 0 Å². The zero-order chi connectivity index (χ0) is 11.6. The second kappa shape index (κ2) is 4.05. The fourth-order valence-corrected chi connectivity index (χ4v) is 1.44. The zero-order valence-electron chi connectivity index (χ0n) is 9.74. The highest BCUT2D eigenvalue weighted by molar-refractivity contribution is 5.87. The minimum Gasteiger partial charge on any atom is -0.478 e. The number of carboxylic acid groups (broad SMARTS) is 1. The summed E-state index contributed by atoms with van der Waals surface area (Å²) in [6.45, 7) is 8.60. The quantitative estimate of drug-likeness (QED) is 0.803. The third kappa shape index (κ3) is 2.82. The molecule has 2 heteroatoms. The summed E-state index contributed by atoms with van der Waals surface area (Å²) in [5, 5.41) is 8.89. The Morgan fingerprint density at radius 2 is 1.93 bits per heavy atom. The Morgan fingerprint density at radius 1 is 1.33 bits per heavy atom. The first kappa shape index (κ1) is 11.8. The van der Waals surface area contributed by atoms with Crippen LogP contribution in [0.5, 0.6) is 0 Å². The Labute approximate surface area is 90.9 Å². The molecular weight excluding hydrogens is 188 g/mol. The van der Waals surface area contributed by atoms with Crippen molar-refractivity contribution in [3.63, 3.8) is 0 Å². The summed E-state index contributed by atoms with van der Waals surface area (Å²) in [7, 11) is 0. The molecule has 0 aromatic heterocycles. The number of aromatic carboxylic acids is 1. The van der Waals surface area contributed by atoms with Crippen LogP contribution in [-0.2, 0) is 0 Å². The maximum atomic E-state index is 10.8. The van der Waals surface area contributed by atoms with Crippen molar-refractivity contribution in [2.24, 2.45) is 5.41 Å². The number of rotatable bonds is 2. The van der Waals surface area contributed by atoms with E-state index in [-0.39, 0.29) is 5.41 Å². The van der Waals surface area contributed by atoms with E-state index in [0.717, 1.165) is 5.56 Å². The molecule has 0 fully saturated rings. The molecule has 0 bridgehead atoms. The first-order valence-electron chi connectivity index (χ1n) is 5.15. The summed E-state index contributed by atoms with van der Waals surface area (Å²) >= 11 is 0. The van der Waals surface area contributed by atoms with Gasteiger partial charge in [0.2, 0.25) is 0 Å². The van der Waals surface area contributed by atoms with Crippen molar-refractivity contribution < 1.29 is 9.90 Å². The van der Waals surface area contributed by atoms with Gasteiger partial charge in [-0.25, -0.2) is 4.79 Å². The molecule has 1 N–H and O–H groups in total. The van der Waals surface area contributed by atoms with E-state index in [2.05, 4.69) is 27.7 Å². The third-order valence-electron chi connectivity index (χ3n) is 2.93. The van der Waals surface area contributed by atoms with Crippen LogP contribution in [0.4, 0.5) is 0 Å². The Morgan fingerprint density at radius 3 is 2.40 bits per heavy atom. The van der Waals surface area contributed by atoms with E-state index in [1.807, 2.05) is 6.07 Å².